The predicted octanol–water partition coefficient (Wildman–Crippen LogP) is 7.33. The van der Waals surface area contributed by atoms with E-state index < -0.39 is 0 Å². The molecule has 0 N–H and O–H groups in total. The van der Waals surface area contributed by atoms with Gasteiger partial charge in [0.1, 0.15) is 0 Å². The first-order valence-corrected chi connectivity index (χ1v) is 10.9. The second-order valence-corrected chi connectivity index (χ2v) is 7.99. The zero-order valence-electron chi connectivity index (χ0n) is 16.3. The normalized spacial score (nSPS) is 10.9. The zero-order chi connectivity index (χ0) is 19.1. The highest BCUT2D eigenvalue weighted by Crippen LogP contribution is 2.31. The number of aryl methyl sites for hydroxylation is 2. The molecule has 140 valence electrons. The zero-order valence-corrected chi connectivity index (χ0v) is 17.1. The van der Waals surface area contributed by atoms with Gasteiger partial charge in [-0.3, -0.25) is 4.79 Å². The fraction of sp³-hybridized carbons (Fsp3) is 0.320. The van der Waals surface area contributed by atoms with Crippen molar-refractivity contribution in [1.29, 1.82) is 0 Å². The highest BCUT2D eigenvalue weighted by molar-refractivity contribution is 7.12. The molecule has 1 aromatic heterocycles. The molecule has 0 atom stereocenters. The first kappa shape index (κ1) is 19.6. The van der Waals surface area contributed by atoms with Crippen LogP contribution in [0.4, 0.5) is 0 Å². The molecule has 0 saturated carbocycles. The second-order valence-electron chi connectivity index (χ2n) is 7.04. The van der Waals surface area contributed by atoms with Crippen LogP contribution >= 0.6 is 11.3 Å². The third-order valence-corrected chi connectivity index (χ3v) is 5.89. The number of unbranched alkanes of at least 4 members (excludes halogenated alkanes) is 2. The number of hydrogen-bond acceptors (Lipinski definition) is 2. The Morgan fingerprint density at radius 1 is 0.815 bits per heavy atom. The number of benzene rings is 2. The first-order valence-electron chi connectivity index (χ1n) is 10.0. The second kappa shape index (κ2) is 9.66. The van der Waals surface area contributed by atoms with E-state index in [1.165, 1.54) is 46.4 Å². The molecule has 0 bridgehead atoms. The summed E-state index contributed by atoms with van der Waals surface area (Å²) >= 11 is 1.51. The van der Waals surface area contributed by atoms with Crippen LogP contribution in [0, 0.1) is 0 Å². The van der Waals surface area contributed by atoms with Gasteiger partial charge >= 0.3 is 0 Å². The van der Waals surface area contributed by atoms with Gasteiger partial charge in [-0.25, -0.2) is 0 Å². The topological polar surface area (TPSA) is 17.1 Å². The van der Waals surface area contributed by atoms with Crippen LogP contribution in [0.1, 0.15) is 65.9 Å². The maximum absolute atomic E-state index is 12.8. The van der Waals surface area contributed by atoms with Gasteiger partial charge in [0, 0.05) is 5.56 Å². The van der Waals surface area contributed by atoms with E-state index in [0.29, 0.717) is 0 Å². The lowest BCUT2D eigenvalue weighted by atomic mass is 9.89. The van der Waals surface area contributed by atoms with Gasteiger partial charge in [-0.2, -0.15) is 0 Å². The molecule has 1 heterocycles. The van der Waals surface area contributed by atoms with Gasteiger partial charge in [-0.1, -0.05) is 69.2 Å². The summed E-state index contributed by atoms with van der Waals surface area (Å²) in [7, 11) is 0. The Balaban J connectivity index is 2.01. The van der Waals surface area contributed by atoms with Crippen LogP contribution in [0.5, 0.6) is 0 Å². The van der Waals surface area contributed by atoms with E-state index in [1.807, 2.05) is 23.6 Å². The van der Waals surface area contributed by atoms with E-state index >= 15 is 0 Å². The van der Waals surface area contributed by atoms with Gasteiger partial charge in [0.15, 0.2) is 0 Å². The summed E-state index contributed by atoms with van der Waals surface area (Å²) in [5, 5.41) is 1.96. The molecule has 0 fully saturated rings. The van der Waals surface area contributed by atoms with Gasteiger partial charge in [-0.15, -0.1) is 11.3 Å². The van der Waals surface area contributed by atoms with Crippen molar-refractivity contribution in [1.82, 2.24) is 0 Å². The Morgan fingerprint density at radius 2 is 1.52 bits per heavy atom. The average molecular weight is 377 g/mol. The Labute approximate surface area is 167 Å². The standard InChI is InChI=1S/C25H28OS/c1-3-5-10-19-12-7-8-13-22(19)23-16-15-21(18-20(23)11-6-4-2)25(26)24-14-9-17-27-24/h7-9,12-18H,3-6,10-11H2,1-2H3. The van der Waals surface area contributed by atoms with Crippen molar-refractivity contribution in [3.8, 4) is 11.1 Å². The Morgan fingerprint density at radius 3 is 2.22 bits per heavy atom. The van der Waals surface area contributed by atoms with Crippen molar-refractivity contribution in [2.45, 2.75) is 52.4 Å². The molecule has 1 nitrogen and oxygen atoms in total. The van der Waals surface area contributed by atoms with Crippen LogP contribution in [-0.2, 0) is 12.8 Å². The highest BCUT2D eigenvalue weighted by Gasteiger charge is 2.15. The lowest BCUT2D eigenvalue weighted by molar-refractivity contribution is 0.104. The molecule has 3 aromatic rings. The van der Waals surface area contributed by atoms with Gasteiger partial charge in [0.05, 0.1) is 4.88 Å². The molecule has 0 radical (unpaired) electrons. The fourth-order valence-electron chi connectivity index (χ4n) is 3.49. The van der Waals surface area contributed by atoms with Crippen molar-refractivity contribution >= 4 is 17.1 Å². The van der Waals surface area contributed by atoms with Crippen LogP contribution in [0.15, 0.2) is 60.0 Å². The summed E-state index contributed by atoms with van der Waals surface area (Å²) in [5.74, 6) is 0.133. The summed E-state index contributed by atoms with van der Waals surface area (Å²) in [6.45, 7) is 4.45. The van der Waals surface area contributed by atoms with E-state index in [9.17, 15) is 4.79 Å². The van der Waals surface area contributed by atoms with E-state index in [4.69, 9.17) is 0 Å². The van der Waals surface area contributed by atoms with E-state index in [1.54, 1.807) is 0 Å². The molecule has 0 spiro atoms. The smallest absolute Gasteiger partial charge is 0.202 e. The Kier molecular flexibility index (Phi) is 7.00. The molecule has 0 unspecified atom stereocenters. The van der Waals surface area contributed by atoms with E-state index in [0.717, 1.165) is 36.1 Å². The number of rotatable bonds is 9. The summed E-state index contributed by atoms with van der Waals surface area (Å²) < 4.78 is 0. The SMILES string of the molecule is CCCCc1ccccc1-c1ccc(C(=O)c2cccs2)cc1CCCC. The Hall–Kier alpha value is -2.19. The quantitative estimate of drug-likeness (QED) is 0.357. The number of thiophene rings is 1. The number of carbonyl (C=O) groups excluding carboxylic acids is 1. The van der Waals surface area contributed by atoms with Crippen LogP contribution in [0.3, 0.4) is 0 Å². The Bertz CT molecular complexity index is 877. The number of carbonyl (C=O) groups is 1. The van der Waals surface area contributed by atoms with Crippen molar-refractivity contribution in [2.24, 2.45) is 0 Å². The fourth-order valence-corrected chi connectivity index (χ4v) is 4.18. The molecular weight excluding hydrogens is 348 g/mol. The van der Waals surface area contributed by atoms with Crippen LogP contribution < -0.4 is 0 Å². The lowest BCUT2D eigenvalue weighted by Crippen LogP contribution is -2.02. The third-order valence-electron chi connectivity index (χ3n) is 5.02. The molecule has 27 heavy (non-hydrogen) atoms. The van der Waals surface area contributed by atoms with Crippen LogP contribution in [0.25, 0.3) is 11.1 Å². The largest absolute Gasteiger partial charge is 0.288 e. The third kappa shape index (κ3) is 4.75. The molecule has 0 aliphatic rings. The van der Waals surface area contributed by atoms with Crippen molar-refractivity contribution < 1.29 is 4.79 Å². The van der Waals surface area contributed by atoms with Crippen molar-refractivity contribution in [2.75, 3.05) is 0 Å². The van der Waals surface area contributed by atoms with Gasteiger partial charge < -0.3 is 0 Å². The predicted molar refractivity (Wildman–Crippen MR) is 117 cm³/mol. The molecule has 0 aliphatic carbocycles. The van der Waals surface area contributed by atoms with Gasteiger partial charge in [-0.05, 0) is 65.4 Å². The molecule has 0 saturated heterocycles. The lowest BCUT2D eigenvalue weighted by Gasteiger charge is -2.15. The maximum atomic E-state index is 12.8. The summed E-state index contributed by atoms with van der Waals surface area (Å²) in [6.07, 6.45) is 6.82. The van der Waals surface area contributed by atoms with Gasteiger partial charge in [0.25, 0.3) is 0 Å². The molecule has 2 heteroatoms. The molecule has 0 amide bonds. The number of ketones is 1. The first-order chi connectivity index (χ1) is 13.2. The van der Waals surface area contributed by atoms with Crippen LogP contribution in [0.2, 0.25) is 0 Å². The van der Waals surface area contributed by atoms with E-state index in [2.05, 4.69) is 50.2 Å². The van der Waals surface area contributed by atoms with Crippen molar-refractivity contribution in [3.05, 3.63) is 81.5 Å². The summed E-state index contributed by atoms with van der Waals surface area (Å²) in [6, 6.07) is 18.9. The van der Waals surface area contributed by atoms with Gasteiger partial charge in [0.2, 0.25) is 5.78 Å². The summed E-state index contributed by atoms with van der Waals surface area (Å²) in [5.41, 5.74) is 6.13. The summed E-state index contributed by atoms with van der Waals surface area (Å²) in [4.78, 5) is 13.6. The molecule has 3 rings (SSSR count). The minimum absolute atomic E-state index is 0.133. The maximum Gasteiger partial charge on any atom is 0.202 e. The molecule has 0 aliphatic heterocycles. The highest BCUT2D eigenvalue weighted by atomic mass is 32.1. The van der Waals surface area contributed by atoms with E-state index in [-0.39, 0.29) is 5.78 Å². The minimum Gasteiger partial charge on any atom is -0.288 e. The number of hydrogen-bond donors (Lipinski definition) is 0. The average Bonchev–Trinajstić information content (AvgIpc) is 3.25. The van der Waals surface area contributed by atoms with Crippen molar-refractivity contribution in [3.63, 3.8) is 0 Å². The monoisotopic (exact) mass is 376 g/mol. The molecular formula is C25H28OS. The minimum atomic E-state index is 0.133. The van der Waals surface area contributed by atoms with Crippen LogP contribution in [-0.4, -0.2) is 5.78 Å². The molecule has 2 aromatic carbocycles.